The van der Waals surface area contributed by atoms with E-state index in [0.29, 0.717) is 0 Å². The standard InChI is InChI=1S/C21H19N5S/c1-15-11-16(2)18(20(12-15)26-10-6-9-23-26)13-22-25-21-24-19(14-27-21)17-7-4-3-5-8-17/h3-14H,1-2H3,(H,24,25). The van der Waals surface area contributed by atoms with Gasteiger partial charge in [0, 0.05) is 28.9 Å². The second-order valence-electron chi connectivity index (χ2n) is 6.24. The minimum atomic E-state index is 0.760. The summed E-state index contributed by atoms with van der Waals surface area (Å²) >= 11 is 1.53. The molecule has 2 aromatic carbocycles. The molecule has 0 radical (unpaired) electrons. The van der Waals surface area contributed by atoms with Crippen molar-refractivity contribution in [2.24, 2.45) is 5.10 Å². The maximum Gasteiger partial charge on any atom is 0.203 e. The number of aryl methyl sites for hydroxylation is 2. The molecule has 0 fully saturated rings. The van der Waals surface area contributed by atoms with Crippen molar-refractivity contribution in [2.45, 2.75) is 13.8 Å². The van der Waals surface area contributed by atoms with Crippen LogP contribution in [-0.4, -0.2) is 21.0 Å². The van der Waals surface area contributed by atoms with Crippen LogP contribution in [0.15, 0.2) is 71.4 Å². The molecule has 2 heterocycles. The number of rotatable bonds is 5. The normalized spacial score (nSPS) is 11.2. The summed E-state index contributed by atoms with van der Waals surface area (Å²) in [4.78, 5) is 4.60. The molecule has 0 amide bonds. The van der Waals surface area contributed by atoms with Crippen molar-refractivity contribution in [3.8, 4) is 16.9 Å². The Balaban J connectivity index is 1.57. The molecule has 0 saturated carbocycles. The summed E-state index contributed by atoms with van der Waals surface area (Å²) in [6.45, 7) is 4.16. The fourth-order valence-electron chi connectivity index (χ4n) is 2.94. The molecule has 0 aliphatic heterocycles. The monoisotopic (exact) mass is 373 g/mol. The Morgan fingerprint density at radius 3 is 2.74 bits per heavy atom. The topological polar surface area (TPSA) is 55.1 Å². The van der Waals surface area contributed by atoms with E-state index in [1.54, 1.807) is 6.20 Å². The summed E-state index contributed by atoms with van der Waals surface area (Å²) in [5, 5.41) is 11.6. The van der Waals surface area contributed by atoms with Gasteiger partial charge < -0.3 is 0 Å². The van der Waals surface area contributed by atoms with Crippen molar-refractivity contribution in [3.63, 3.8) is 0 Å². The zero-order chi connectivity index (χ0) is 18.6. The number of nitrogens with zero attached hydrogens (tertiary/aromatic N) is 4. The molecule has 4 aromatic rings. The van der Waals surface area contributed by atoms with Gasteiger partial charge in [0.1, 0.15) is 0 Å². The van der Waals surface area contributed by atoms with Crippen LogP contribution < -0.4 is 5.43 Å². The van der Waals surface area contributed by atoms with Crippen molar-refractivity contribution >= 4 is 22.7 Å². The van der Waals surface area contributed by atoms with Crippen LogP contribution in [0.5, 0.6) is 0 Å². The Kier molecular flexibility index (Phi) is 4.80. The van der Waals surface area contributed by atoms with Gasteiger partial charge in [-0.3, -0.25) is 5.43 Å². The van der Waals surface area contributed by atoms with Gasteiger partial charge in [-0.2, -0.15) is 10.2 Å². The quantitative estimate of drug-likeness (QED) is 0.393. The van der Waals surface area contributed by atoms with Gasteiger partial charge in [-0.25, -0.2) is 9.67 Å². The third-order valence-electron chi connectivity index (χ3n) is 4.19. The highest BCUT2D eigenvalue weighted by Crippen LogP contribution is 2.25. The van der Waals surface area contributed by atoms with Crippen LogP contribution in [0.3, 0.4) is 0 Å². The first kappa shape index (κ1) is 17.2. The minimum Gasteiger partial charge on any atom is -0.253 e. The molecule has 134 valence electrons. The summed E-state index contributed by atoms with van der Waals surface area (Å²) in [6, 6.07) is 16.3. The van der Waals surface area contributed by atoms with Gasteiger partial charge in [0.2, 0.25) is 5.13 Å². The molecule has 2 aromatic heterocycles. The number of thiazole rings is 1. The zero-order valence-corrected chi connectivity index (χ0v) is 15.9. The van der Waals surface area contributed by atoms with Gasteiger partial charge in [0.05, 0.1) is 17.6 Å². The number of hydrogen-bond donors (Lipinski definition) is 1. The third kappa shape index (κ3) is 3.80. The van der Waals surface area contributed by atoms with E-state index >= 15 is 0 Å². The van der Waals surface area contributed by atoms with Gasteiger partial charge in [-0.05, 0) is 37.1 Å². The number of hydrogen-bond acceptors (Lipinski definition) is 5. The first-order chi connectivity index (χ1) is 13.2. The highest BCUT2D eigenvalue weighted by Gasteiger charge is 2.08. The number of benzene rings is 2. The van der Waals surface area contributed by atoms with Gasteiger partial charge >= 0.3 is 0 Å². The van der Waals surface area contributed by atoms with Crippen molar-refractivity contribution in [3.05, 3.63) is 83.0 Å². The fourth-order valence-corrected chi connectivity index (χ4v) is 3.61. The van der Waals surface area contributed by atoms with E-state index in [4.69, 9.17) is 0 Å². The number of nitrogens with one attached hydrogen (secondary N) is 1. The van der Waals surface area contributed by atoms with Crippen LogP contribution in [0.4, 0.5) is 5.13 Å². The van der Waals surface area contributed by atoms with Crippen molar-refractivity contribution in [2.75, 3.05) is 5.43 Å². The Morgan fingerprint density at radius 1 is 1.11 bits per heavy atom. The molecule has 4 rings (SSSR count). The average Bonchev–Trinajstić information content (AvgIpc) is 3.36. The Morgan fingerprint density at radius 2 is 1.96 bits per heavy atom. The van der Waals surface area contributed by atoms with E-state index in [1.807, 2.05) is 58.9 Å². The van der Waals surface area contributed by atoms with Crippen molar-refractivity contribution < 1.29 is 0 Å². The summed E-state index contributed by atoms with van der Waals surface area (Å²) in [5.41, 5.74) is 9.46. The van der Waals surface area contributed by atoms with Gasteiger partial charge in [-0.15, -0.1) is 11.3 Å². The van der Waals surface area contributed by atoms with Crippen LogP contribution in [-0.2, 0) is 0 Å². The molecule has 0 aliphatic rings. The van der Waals surface area contributed by atoms with Crippen LogP contribution in [0.2, 0.25) is 0 Å². The highest BCUT2D eigenvalue weighted by atomic mass is 32.1. The van der Waals surface area contributed by atoms with Crippen molar-refractivity contribution in [1.82, 2.24) is 14.8 Å². The summed E-state index contributed by atoms with van der Waals surface area (Å²) in [5.74, 6) is 0. The predicted octanol–water partition coefficient (Wildman–Crippen LogP) is 5.06. The van der Waals surface area contributed by atoms with Crippen LogP contribution >= 0.6 is 11.3 Å². The van der Waals surface area contributed by atoms with Crippen LogP contribution in [0, 0.1) is 13.8 Å². The second-order valence-corrected chi connectivity index (χ2v) is 7.10. The lowest BCUT2D eigenvalue weighted by Crippen LogP contribution is -2.03. The van der Waals surface area contributed by atoms with Gasteiger partial charge in [0.15, 0.2) is 0 Å². The lowest BCUT2D eigenvalue weighted by Gasteiger charge is -2.10. The largest absolute Gasteiger partial charge is 0.253 e. The molecule has 0 aliphatic carbocycles. The number of aromatic nitrogens is 3. The number of hydrazone groups is 1. The van der Waals surface area contributed by atoms with Gasteiger partial charge in [-0.1, -0.05) is 36.4 Å². The molecule has 0 saturated heterocycles. The first-order valence-electron chi connectivity index (χ1n) is 8.62. The Labute approximate surface area is 162 Å². The average molecular weight is 373 g/mol. The summed E-state index contributed by atoms with van der Waals surface area (Å²) in [7, 11) is 0. The van der Waals surface area contributed by atoms with E-state index in [9.17, 15) is 0 Å². The Bertz CT molecular complexity index is 1070. The van der Waals surface area contributed by atoms with E-state index < -0.39 is 0 Å². The Hall–Kier alpha value is -3.25. The molecular weight excluding hydrogens is 354 g/mol. The molecular formula is C21H19N5S. The molecule has 0 bridgehead atoms. The summed E-state index contributed by atoms with van der Waals surface area (Å²) in [6.07, 6.45) is 5.54. The second kappa shape index (κ2) is 7.55. The maximum absolute atomic E-state index is 4.60. The predicted molar refractivity (Wildman–Crippen MR) is 112 cm³/mol. The van der Waals surface area contributed by atoms with E-state index in [1.165, 1.54) is 16.9 Å². The molecule has 0 spiro atoms. The zero-order valence-electron chi connectivity index (χ0n) is 15.1. The maximum atomic E-state index is 4.60. The van der Waals surface area contributed by atoms with E-state index in [-0.39, 0.29) is 0 Å². The third-order valence-corrected chi connectivity index (χ3v) is 4.94. The lowest BCUT2D eigenvalue weighted by atomic mass is 10.0. The van der Waals surface area contributed by atoms with Gasteiger partial charge in [0.25, 0.3) is 0 Å². The summed E-state index contributed by atoms with van der Waals surface area (Å²) < 4.78 is 1.86. The molecule has 0 unspecified atom stereocenters. The van der Waals surface area contributed by atoms with Crippen LogP contribution in [0.1, 0.15) is 16.7 Å². The number of anilines is 1. The minimum absolute atomic E-state index is 0.760. The molecule has 1 N–H and O–H groups in total. The molecule has 27 heavy (non-hydrogen) atoms. The SMILES string of the molecule is Cc1cc(C)c(C=NNc2nc(-c3ccccc3)cs2)c(-n2cccn2)c1. The molecule has 6 heteroatoms. The van der Waals surface area contributed by atoms with Crippen molar-refractivity contribution in [1.29, 1.82) is 0 Å². The smallest absolute Gasteiger partial charge is 0.203 e. The molecule has 0 atom stereocenters. The molecule has 5 nitrogen and oxygen atoms in total. The lowest BCUT2D eigenvalue weighted by molar-refractivity contribution is 0.876. The van der Waals surface area contributed by atoms with Crippen LogP contribution in [0.25, 0.3) is 16.9 Å². The highest BCUT2D eigenvalue weighted by molar-refractivity contribution is 7.14. The first-order valence-corrected chi connectivity index (χ1v) is 9.50. The van der Waals surface area contributed by atoms with E-state index in [0.717, 1.165) is 33.2 Å². The fraction of sp³-hybridized carbons (Fsp3) is 0.0952. The van der Waals surface area contributed by atoms with E-state index in [2.05, 4.69) is 46.6 Å².